The highest BCUT2D eigenvalue weighted by atomic mass is 19.3. The standard InChI is InChI=1S/C24H30F2N8O2/c1-16(27-2)23(35)33-9-7-31(8-10-33)19-15-20(32-11-13-36-14-12-32)30-24(29-19)34-18-6-4-3-5-17(18)28-22(34)21(25)26/h3-6,15-16,21,27H,7-14H2,1-2H3/t16-/m0/s1. The predicted octanol–water partition coefficient (Wildman–Crippen LogP) is 1.85. The number of anilines is 2. The van der Waals surface area contributed by atoms with Crippen LogP contribution in [-0.2, 0) is 9.53 Å². The van der Waals surface area contributed by atoms with Gasteiger partial charge < -0.3 is 24.8 Å². The number of aromatic nitrogens is 4. The number of nitrogens with zero attached hydrogens (tertiary/aromatic N) is 7. The number of fused-ring (bicyclic) bond motifs is 1. The van der Waals surface area contributed by atoms with Crippen molar-refractivity contribution in [3.63, 3.8) is 0 Å². The van der Waals surface area contributed by atoms with Gasteiger partial charge in [0.25, 0.3) is 6.43 Å². The summed E-state index contributed by atoms with van der Waals surface area (Å²) in [6.07, 6.45) is -2.79. The maximum atomic E-state index is 14.1. The van der Waals surface area contributed by atoms with E-state index in [0.717, 1.165) is 0 Å². The Morgan fingerprint density at radius 2 is 1.61 bits per heavy atom. The first-order valence-corrected chi connectivity index (χ1v) is 12.1. The quantitative estimate of drug-likeness (QED) is 0.549. The normalized spacial score (nSPS) is 17.8. The SMILES string of the molecule is CN[C@@H](C)C(=O)N1CCN(c2cc(N3CCOCC3)nc(-n3c(C(F)F)nc4ccccc43)n2)CC1. The molecule has 2 aromatic heterocycles. The molecule has 192 valence electrons. The molecule has 0 spiro atoms. The van der Waals surface area contributed by atoms with Crippen LogP contribution in [0.3, 0.4) is 0 Å². The number of carbonyl (C=O) groups excluding carboxylic acids is 1. The van der Waals surface area contributed by atoms with Crippen molar-refractivity contribution in [2.75, 3.05) is 69.3 Å². The van der Waals surface area contributed by atoms with Gasteiger partial charge in [-0.2, -0.15) is 9.97 Å². The van der Waals surface area contributed by atoms with E-state index in [1.165, 1.54) is 4.57 Å². The number of imidazole rings is 1. The smallest absolute Gasteiger partial charge is 0.296 e. The van der Waals surface area contributed by atoms with E-state index < -0.39 is 12.2 Å². The Bertz CT molecular complexity index is 1220. The van der Waals surface area contributed by atoms with Crippen molar-refractivity contribution < 1.29 is 18.3 Å². The Hall–Kier alpha value is -3.38. The summed E-state index contributed by atoms with van der Waals surface area (Å²) in [4.78, 5) is 32.2. The third kappa shape index (κ3) is 4.70. The van der Waals surface area contributed by atoms with Gasteiger partial charge in [-0.3, -0.25) is 9.36 Å². The molecular formula is C24H30F2N8O2. The van der Waals surface area contributed by atoms with Crippen molar-refractivity contribution in [1.29, 1.82) is 0 Å². The van der Waals surface area contributed by atoms with E-state index in [9.17, 15) is 13.6 Å². The number of halogens is 2. The fourth-order valence-electron chi connectivity index (χ4n) is 4.58. The number of para-hydroxylation sites is 2. The topological polar surface area (TPSA) is 91.7 Å². The molecule has 1 N–H and O–H groups in total. The van der Waals surface area contributed by atoms with Crippen LogP contribution in [0.25, 0.3) is 17.0 Å². The third-order valence-corrected chi connectivity index (χ3v) is 6.72. The van der Waals surface area contributed by atoms with E-state index in [-0.39, 0.29) is 17.9 Å². The highest BCUT2D eigenvalue weighted by molar-refractivity contribution is 5.81. The van der Waals surface area contributed by atoms with Crippen LogP contribution in [0, 0.1) is 0 Å². The highest BCUT2D eigenvalue weighted by Crippen LogP contribution is 2.29. The summed E-state index contributed by atoms with van der Waals surface area (Å²) in [5.41, 5.74) is 0.981. The molecule has 1 aromatic carbocycles. The second-order valence-electron chi connectivity index (χ2n) is 8.90. The molecular weight excluding hydrogens is 470 g/mol. The summed E-state index contributed by atoms with van der Waals surface area (Å²) in [6.45, 7) is 6.52. The number of morpholine rings is 1. The zero-order valence-electron chi connectivity index (χ0n) is 20.4. The third-order valence-electron chi connectivity index (χ3n) is 6.72. The lowest BCUT2D eigenvalue weighted by Gasteiger charge is -2.37. The molecule has 12 heteroatoms. The average molecular weight is 501 g/mol. The van der Waals surface area contributed by atoms with Gasteiger partial charge in [0.15, 0.2) is 5.82 Å². The second kappa shape index (κ2) is 10.3. The van der Waals surface area contributed by atoms with Gasteiger partial charge in [-0.05, 0) is 26.1 Å². The van der Waals surface area contributed by atoms with E-state index in [1.807, 2.05) is 17.9 Å². The molecule has 0 saturated carbocycles. The summed E-state index contributed by atoms with van der Waals surface area (Å²) in [5, 5.41) is 2.99. The number of hydrogen-bond donors (Lipinski definition) is 1. The van der Waals surface area contributed by atoms with E-state index >= 15 is 0 Å². The van der Waals surface area contributed by atoms with Crippen molar-refractivity contribution in [3.05, 3.63) is 36.2 Å². The Kier molecular flexibility index (Phi) is 6.97. The van der Waals surface area contributed by atoms with Crippen LogP contribution in [0.5, 0.6) is 0 Å². The van der Waals surface area contributed by atoms with Crippen LogP contribution >= 0.6 is 0 Å². The molecule has 10 nitrogen and oxygen atoms in total. The summed E-state index contributed by atoms with van der Waals surface area (Å²) >= 11 is 0. The lowest BCUT2D eigenvalue weighted by atomic mass is 10.2. The van der Waals surface area contributed by atoms with Crippen molar-refractivity contribution in [3.8, 4) is 5.95 Å². The Morgan fingerprint density at radius 3 is 2.25 bits per heavy atom. The number of benzene rings is 1. The molecule has 1 amide bonds. The largest absolute Gasteiger partial charge is 0.378 e. The second-order valence-corrected chi connectivity index (χ2v) is 8.90. The Morgan fingerprint density at radius 1 is 0.972 bits per heavy atom. The molecule has 0 radical (unpaired) electrons. The number of hydrogen-bond acceptors (Lipinski definition) is 8. The van der Waals surface area contributed by atoms with Crippen LogP contribution in [-0.4, -0.2) is 95.9 Å². The summed E-state index contributed by atoms with van der Waals surface area (Å²) in [5.74, 6) is 1.10. The molecule has 3 aromatic rings. The van der Waals surface area contributed by atoms with Crippen molar-refractivity contribution in [2.24, 2.45) is 0 Å². The van der Waals surface area contributed by atoms with Gasteiger partial charge in [-0.1, -0.05) is 12.1 Å². The highest BCUT2D eigenvalue weighted by Gasteiger charge is 2.28. The van der Waals surface area contributed by atoms with Crippen LogP contribution in [0.4, 0.5) is 20.4 Å². The minimum absolute atomic E-state index is 0.0565. The number of piperazine rings is 1. The molecule has 2 fully saturated rings. The summed E-state index contributed by atoms with van der Waals surface area (Å²) in [6, 6.07) is 8.63. The minimum atomic E-state index is -2.79. The maximum Gasteiger partial charge on any atom is 0.296 e. The average Bonchev–Trinajstić information content (AvgIpc) is 3.33. The van der Waals surface area contributed by atoms with E-state index in [0.29, 0.717) is 75.2 Å². The lowest BCUT2D eigenvalue weighted by Crippen LogP contribution is -2.53. The van der Waals surface area contributed by atoms with Gasteiger partial charge in [0.05, 0.1) is 30.3 Å². The number of alkyl halides is 2. The van der Waals surface area contributed by atoms with Crippen molar-refractivity contribution in [1.82, 2.24) is 29.7 Å². The lowest BCUT2D eigenvalue weighted by molar-refractivity contribution is -0.133. The molecule has 0 unspecified atom stereocenters. The zero-order chi connectivity index (χ0) is 25.2. The first-order chi connectivity index (χ1) is 17.5. The van der Waals surface area contributed by atoms with Gasteiger partial charge in [0.2, 0.25) is 11.9 Å². The minimum Gasteiger partial charge on any atom is -0.378 e. The van der Waals surface area contributed by atoms with E-state index in [4.69, 9.17) is 14.7 Å². The molecule has 2 aliphatic heterocycles. The molecule has 0 aliphatic carbocycles. The molecule has 36 heavy (non-hydrogen) atoms. The van der Waals surface area contributed by atoms with Crippen LogP contribution in [0.15, 0.2) is 30.3 Å². The molecule has 4 heterocycles. The van der Waals surface area contributed by atoms with Crippen LogP contribution in [0.1, 0.15) is 19.2 Å². The van der Waals surface area contributed by atoms with Crippen LogP contribution in [0.2, 0.25) is 0 Å². The van der Waals surface area contributed by atoms with E-state index in [2.05, 4.69) is 20.1 Å². The number of ether oxygens (including phenoxy) is 1. The zero-order valence-corrected chi connectivity index (χ0v) is 20.4. The molecule has 0 bridgehead atoms. The van der Waals surface area contributed by atoms with Crippen molar-refractivity contribution >= 4 is 28.6 Å². The fourth-order valence-corrected chi connectivity index (χ4v) is 4.58. The summed E-state index contributed by atoms with van der Waals surface area (Å²) in [7, 11) is 1.77. The van der Waals surface area contributed by atoms with Gasteiger partial charge in [-0.15, -0.1) is 0 Å². The van der Waals surface area contributed by atoms with Gasteiger partial charge >= 0.3 is 0 Å². The number of likely N-dealkylation sites (N-methyl/N-ethyl adjacent to an activating group) is 1. The fraction of sp³-hybridized carbons (Fsp3) is 0.500. The molecule has 5 rings (SSSR count). The maximum absolute atomic E-state index is 14.1. The number of carbonyl (C=O) groups is 1. The number of amides is 1. The van der Waals surface area contributed by atoms with Crippen molar-refractivity contribution in [2.45, 2.75) is 19.4 Å². The van der Waals surface area contributed by atoms with Crippen LogP contribution < -0.4 is 15.1 Å². The van der Waals surface area contributed by atoms with Gasteiger partial charge in [-0.25, -0.2) is 13.8 Å². The monoisotopic (exact) mass is 500 g/mol. The number of nitrogens with one attached hydrogen (secondary N) is 1. The Labute approximate surface area is 207 Å². The van der Waals surface area contributed by atoms with Gasteiger partial charge in [0, 0.05) is 45.3 Å². The Balaban J connectivity index is 1.53. The molecule has 1 atom stereocenters. The number of rotatable bonds is 6. The first-order valence-electron chi connectivity index (χ1n) is 12.1. The predicted molar refractivity (Wildman–Crippen MR) is 132 cm³/mol. The molecule has 2 aliphatic rings. The first kappa shape index (κ1) is 24.3. The van der Waals surface area contributed by atoms with E-state index in [1.54, 1.807) is 31.3 Å². The van der Waals surface area contributed by atoms with Gasteiger partial charge in [0.1, 0.15) is 11.6 Å². The molecule has 2 saturated heterocycles. The summed E-state index contributed by atoms with van der Waals surface area (Å²) < 4.78 is 34.9.